The first-order valence-corrected chi connectivity index (χ1v) is 7.50. The molecule has 2 heterocycles. The van der Waals surface area contributed by atoms with E-state index in [1.165, 1.54) is 23.8 Å². The van der Waals surface area contributed by atoms with Crippen molar-refractivity contribution in [2.75, 3.05) is 24.7 Å². The third-order valence-corrected chi connectivity index (χ3v) is 5.14. The lowest BCUT2D eigenvalue weighted by Crippen LogP contribution is -2.47. The fourth-order valence-electron chi connectivity index (χ4n) is 2.71. The molecule has 1 aromatic carbocycles. The topological polar surface area (TPSA) is 75.7 Å². The molecular formula is C14H14N2O4S. The van der Waals surface area contributed by atoms with E-state index in [0.717, 1.165) is 5.56 Å². The number of hydrogen-bond acceptors (Lipinski definition) is 5. The molecule has 2 amide bonds. The van der Waals surface area contributed by atoms with Crippen LogP contribution in [0.4, 0.5) is 5.69 Å². The highest BCUT2D eigenvalue weighted by molar-refractivity contribution is 8.02. The molecule has 1 N–H and O–H groups in total. The number of rotatable bonds is 3. The maximum absolute atomic E-state index is 12.5. The molecule has 1 saturated heterocycles. The van der Waals surface area contributed by atoms with Crippen molar-refractivity contribution in [2.45, 2.75) is 11.3 Å². The number of anilines is 1. The average Bonchev–Trinajstić information content (AvgIpc) is 2.97. The lowest BCUT2D eigenvalue weighted by molar-refractivity contribution is -0.143. The molecule has 21 heavy (non-hydrogen) atoms. The molecule has 0 radical (unpaired) electrons. The van der Waals surface area contributed by atoms with Crippen LogP contribution in [0.15, 0.2) is 24.3 Å². The first kappa shape index (κ1) is 13.9. The summed E-state index contributed by atoms with van der Waals surface area (Å²) in [6.45, 7) is 0.167. The van der Waals surface area contributed by atoms with E-state index in [1.54, 1.807) is 0 Å². The van der Waals surface area contributed by atoms with Crippen LogP contribution in [0.5, 0.6) is 0 Å². The van der Waals surface area contributed by atoms with Gasteiger partial charge in [-0.25, -0.2) is 0 Å². The smallest absolute Gasteiger partial charge is 0.307 e. The predicted molar refractivity (Wildman–Crippen MR) is 77.6 cm³/mol. The summed E-state index contributed by atoms with van der Waals surface area (Å²) in [5.41, 5.74) is 1.49. The Morgan fingerprint density at radius 3 is 2.95 bits per heavy atom. The second-order valence-electron chi connectivity index (χ2n) is 4.80. The Kier molecular flexibility index (Phi) is 3.36. The molecule has 110 valence electrons. The minimum atomic E-state index is -1.05. The summed E-state index contributed by atoms with van der Waals surface area (Å²) in [5, 5.41) is 2.81. The molecule has 3 rings (SSSR count). The van der Waals surface area contributed by atoms with Crippen molar-refractivity contribution in [1.29, 1.82) is 0 Å². The molecule has 1 spiro atoms. The number of benzene rings is 1. The molecule has 1 unspecified atom stereocenters. The minimum absolute atomic E-state index is 0.0694. The van der Waals surface area contributed by atoms with Gasteiger partial charge < -0.3 is 15.0 Å². The van der Waals surface area contributed by atoms with Crippen LogP contribution in [-0.4, -0.2) is 42.1 Å². The van der Waals surface area contributed by atoms with Crippen LogP contribution in [0.2, 0.25) is 0 Å². The van der Waals surface area contributed by atoms with Gasteiger partial charge in [0.15, 0.2) is 4.87 Å². The van der Waals surface area contributed by atoms with Gasteiger partial charge in [-0.3, -0.25) is 14.4 Å². The van der Waals surface area contributed by atoms with Crippen molar-refractivity contribution in [2.24, 2.45) is 0 Å². The second-order valence-corrected chi connectivity index (χ2v) is 5.97. The van der Waals surface area contributed by atoms with E-state index in [2.05, 4.69) is 10.1 Å². The average molecular weight is 306 g/mol. The van der Waals surface area contributed by atoms with E-state index in [0.29, 0.717) is 5.69 Å². The van der Waals surface area contributed by atoms with Gasteiger partial charge in [-0.2, -0.15) is 0 Å². The fourth-order valence-corrected chi connectivity index (χ4v) is 4.07. The molecule has 0 aliphatic carbocycles. The van der Waals surface area contributed by atoms with E-state index in [4.69, 9.17) is 0 Å². The summed E-state index contributed by atoms with van der Waals surface area (Å²) in [7, 11) is 1.30. The second kappa shape index (κ2) is 5.07. The number of carbonyl (C=O) groups excluding carboxylic acids is 3. The molecule has 7 heteroatoms. The lowest BCUT2D eigenvalue weighted by Gasteiger charge is -2.31. The summed E-state index contributed by atoms with van der Waals surface area (Å²) in [6, 6.07) is 7.31. The van der Waals surface area contributed by atoms with Crippen LogP contribution in [0.25, 0.3) is 0 Å². The molecule has 2 aliphatic rings. The zero-order chi connectivity index (χ0) is 15.0. The molecule has 1 aromatic rings. The molecule has 2 aliphatic heterocycles. The van der Waals surface area contributed by atoms with Gasteiger partial charge in [0.25, 0.3) is 5.91 Å². The summed E-state index contributed by atoms with van der Waals surface area (Å²) in [6.07, 6.45) is 0.0694. The lowest BCUT2D eigenvalue weighted by atomic mass is 10.1. The zero-order valence-electron chi connectivity index (χ0n) is 11.4. The van der Waals surface area contributed by atoms with Crippen LogP contribution in [0.3, 0.4) is 0 Å². The standard InChI is InChI=1S/C14H14N2O4S/c1-20-12(18)6-7-16-11(17)8-21-14(16)9-4-2-3-5-10(9)15-13(14)19/h2-5H,6-8H2,1H3,(H,15,19). The SMILES string of the molecule is COC(=O)CCN1C(=O)CSC12C(=O)Nc1ccccc12. The quantitative estimate of drug-likeness (QED) is 0.841. The molecule has 1 fully saturated rings. The first-order chi connectivity index (χ1) is 10.1. The molecule has 0 bridgehead atoms. The highest BCUT2D eigenvalue weighted by Crippen LogP contribution is 2.51. The Hall–Kier alpha value is -2.02. The Balaban J connectivity index is 1.97. The van der Waals surface area contributed by atoms with Gasteiger partial charge in [0.05, 0.1) is 19.3 Å². The van der Waals surface area contributed by atoms with E-state index >= 15 is 0 Å². The molecule has 6 nitrogen and oxygen atoms in total. The number of nitrogens with zero attached hydrogens (tertiary/aromatic N) is 1. The van der Waals surface area contributed by atoms with E-state index < -0.39 is 10.8 Å². The number of ether oxygens (including phenoxy) is 1. The number of methoxy groups -OCH3 is 1. The summed E-state index contributed by atoms with van der Waals surface area (Å²) in [5.74, 6) is -0.551. The number of thioether (sulfide) groups is 1. The van der Waals surface area contributed by atoms with Crippen LogP contribution >= 0.6 is 11.8 Å². The Morgan fingerprint density at radius 2 is 2.19 bits per heavy atom. The van der Waals surface area contributed by atoms with E-state index in [9.17, 15) is 14.4 Å². The number of nitrogens with one attached hydrogen (secondary N) is 1. The third kappa shape index (κ3) is 1.99. The van der Waals surface area contributed by atoms with Crippen molar-refractivity contribution < 1.29 is 19.1 Å². The summed E-state index contributed by atoms with van der Waals surface area (Å²) in [4.78, 5) is 36.4. The number of fused-ring (bicyclic) bond motifs is 2. The predicted octanol–water partition coefficient (Wildman–Crippen LogP) is 0.930. The monoisotopic (exact) mass is 306 g/mol. The Labute approximate surface area is 125 Å². The van der Waals surface area contributed by atoms with Crippen molar-refractivity contribution >= 4 is 35.2 Å². The first-order valence-electron chi connectivity index (χ1n) is 6.52. The van der Waals surface area contributed by atoms with Gasteiger partial charge in [-0.05, 0) is 6.07 Å². The maximum Gasteiger partial charge on any atom is 0.307 e. The third-order valence-electron chi connectivity index (χ3n) is 3.70. The van der Waals surface area contributed by atoms with Crippen LogP contribution in [-0.2, 0) is 24.0 Å². The number of amides is 2. The normalized spacial score (nSPS) is 23.4. The molecule has 0 aromatic heterocycles. The number of hydrogen-bond donors (Lipinski definition) is 1. The van der Waals surface area contributed by atoms with Crippen molar-refractivity contribution in [1.82, 2.24) is 4.90 Å². The highest BCUT2D eigenvalue weighted by Gasteiger charge is 2.57. The largest absolute Gasteiger partial charge is 0.469 e. The van der Waals surface area contributed by atoms with E-state index in [-0.39, 0.29) is 30.5 Å². The van der Waals surface area contributed by atoms with E-state index in [1.807, 2.05) is 24.3 Å². The Morgan fingerprint density at radius 1 is 1.43 bits per heavy atom. The fraction of sp³-hybridized carbons (Fsp3) is 0.357. The van der Waals surface area contributed by atoms with Crippen molar-refractivity contribution in [3.05, 3.63) is 29.8 Å². The minimum Gasteiger partial charge on any atom is -0.469 e. The summed E-state index contributed by atoms with van der Waals surface area (Å²) >= 11 is 1.29. The number of para-hydroxylation sites is 1. The molecule has 1 atom stereocenters. The molecular weight excluding hydrogens is 292 g/mol. The van der Waals surface area contributed by atoms with Gasteiger partial charge in [0.2, 0.25) is 5.91 Å². The highest BCUT2D eigenvalue weighted by atomic mass is 32.2. The van der Waals surface area contributed by atoms with Gasteiger partial charge in [-0.1, -0.05) is 18.2 Å². The van der Waals surface area contributed by atoms with Crippen LogP contribution in [0.1, 0.15) is 12.0 Å². The van der Waals surface area contributed by atoms with Crippen molar-refractivity contribution in [3.63, 3.8) is 0 Å². The van der Waals surface area contributed by atoms with Crippen molar-refractivity contribution in [3.8, 4) is 0 Å². The van der Waals surface area contributed by atoms with Gasteiger partial charge >= 0.3 is 5.97 Å². The number of carbonyl (C=O) groups is 3. The Bertz CT molecular complexity index is 633. The zero-order valence-corrected chi connectivity index (χ0v) is 12.2. The number of esters is 1. The van der Waals surface area contributed by atoms with Crippen LogP contribution in [0, 0.1) is 0 Å². The molecule has 0 saturated carbocycles. The van der Waals surface area contributed by atoms with Crippen LogP contribution < -0.4 is 5.32 Å². The van der Waals surface area contributed by atoms with Gasteiger partial charge in [-0.15, -0.1) is 11.8 Å². The van der Waals surface area contributed by atoms with Gasteiger partial charge in [0, 0.05) is 17.8 Å². The van der Waals surface area contributed by atoms with Gasteiger partial charge in [0.1, 0.15) is 0 Å². The maximum atomic E-state index is 12.5. The summed E-state index contributed by atoms with van der Waals surface area (Å²) < 4.78 is 4.61.